The van der Waals surface area contributed by atoms with Crippen molar-refractivity contribution in [1.82, 2.24) is 9.78 Å². The molecule has 8 heteroatoms. The van der Waals surface area contributed by atoms with E-state index in [1.165, 1.54) is 13.2 Å². The number of halogens is 1. The van der Waals surface area contributed by atoms with Gasteiger partial charge in [-0.3, -0.25) is 9.59 Å². The minimum absolute atomic E-state index is 0.0725. The van der Waals surface area contributed by atoms with Crippen molar-refractivity contribution >= 4 is 34.6 Å². The number of nitrogens with one attached hydrogen (secondary N) is 2. The molecule has 1 aliphatic heterocycles. The zero-order valence-electron chi connectivity index (χ0n) is 13.1. The van der Waals surface area contributed by atoms with E-state index < -0.39 is 0 Å². The highest BCUT2D eigenvalue weighted by Gasteiger charge is 2.23. The smallest absolute Gasteiger partial charge is 0.287 e. The Morgan fingerprint density at radius 1 is 1.33 bits per heavy atom. The average molecular weight is 349 g/mol. The minimum Gasteiger partial charge on any atom is -0.368 e. The van der Waals surface area contributed by atoms with Crippen LogP contribution in [-0.4, -0.2) is 28.4 Å². The standard InChI is InChI=1S/C16H17ClN4O3/c1-21-16(23)14(17)12(9-18-21)19-10-4-6-11(7-5-10)20-15(22)13-3-2-8-24-13/h4-7,9,13,19H,2-3,8H2,1H3,(H,20,22)/t13-/m1/s1. The molecule has 1 aromatic heterocycles. The van der Waals surface area contributed by atoms with Crippen LogP contribution in [0.15, 0.2) is 35.3 Å². The van der Waals surface area contributed by atoms with Gasteiger partial charge in [-0.1, -0.05) is 11.6 Å². The zero-order chi connectivity index (χ0) is 17.1. The molecule has 3 rings (SSSR count). The molecule has 1 saturated heterocycles. The molecule has 0 aliphatic carbocycles. The molecule has 0 spiro atoms. The first-order chi connectivity index (χ1) is 11.5. The van der Waals surface area contributed by atoms with E-state index in [0.29, 0.717) is 18.0 Å². The van der Waals surface area contributed by atoms with E-state index in [4.69, 9.17) is 16.3 Å². The van der Waals surface area contributed by atoms with Gasteiger partial charge in [0, 0.05) is 25.0 Å². The van der Waals surface area contributed by atoms with Crippen LogP contribution in [-0.2, 0) is 16.6 Å². The Labute approximate surface area is 143 Å². The molecule has 1 atom stereocenters. The summed E-state index contributed by atoms with van der Waals surface area (Å²) in [7, 11) is 1.53. The summed E-state index contributed by atoms with van der Waals surface area (Å²) in [5.41, 5.74) is 1.45. The van der Waals surface area contributed by atoms with E-state index in [1.807, 2.05) is 0 Å². The monoisotopic (exact) mass is 348 g/mol. The summed E-state index contributed by atoms with van der Waals surface area (Å²) < 4.78 is 6.51. The number of rotatable bonds is 4. The topological polar surface area (TPSA) is 85.2 Å². The fraction of sp³-hybridized carbons (Fsp3) is 0.312. The van der Waals surface area contributed by atoms with Gasteiger partial charge in [0.05, 0.1) is 11.9 Å². The predicted octanol–water partition coefficient (Wildman–Crippen LogP) is 2.29. The Kier molecular flexibility index (Phi) is 4.82. The zero-order valence-corrected chi connectivity index (χ0v) is 13.8. The molecule has 2 heterocycles. The van der Waals surface area contributed by atoms with Crippen molar-refractivity contribution < 1.29 is 9.53 Å². The Hall–Kier alpha value is -2.38. The van der Waals surface area contributed by atoms with Gasteiger partial charge in [0.1, 0.15) is 11.1 Å². The van der Waals surface area contributed by atoms with Gasteiger partial charge in [-0.25, -0.2) is 4.68 Å². The lowest BCUT2D eigenvalue weighted by Crippen LogP contribution is -2.26. The quantitative estimate of drug-likeness (QED) is 0.885. The Morgan fingerprint density at radius 3 is 2.71 bits per heavy atom. The van der Waals surface area contributed by atoms with E-state index in [-0.39, 0.29) is 22.6 Å². The predicted molar refractivity (Wildman–Crippen MR) is 91.8 cm³/mol. The fourth-order valence-electron chi connectivity index (χ4n) is 2.40. The maximum absolute atomic E-state index is 12.0. The third-order valence-corrected chi connectivity index (χ3v) is 4.10. The van der Waals surface area contributed by atoms with Crippen molar-refractivity contribution in [1.29, 1.82) is 0 Å². The van der Waals surface area contributed by atoms with Gasteiger partial charge in [0.25, 0.3) is 11.5 Å². The molecule has 1 aliphatic rings. The number of carbonyl (C=O) groups excluding carboxylic acids is 1. The number of benzene rings is 1. The first kappa shape index (κ1) is 16.5. The first-order valence-electron chi connectivity index (χ1n) is 7.56. The summed E-state index contributed by atoms with van der Waals surface area (Å²) >= 11 is 6.01. The number of aryl methyl sites for hydroxylation is 1. The molecular weight excluding hydrogens is 332 g/mol. The van der Waals surface area contributed by atoms with Gasteiger partial charge in [0.2, 0.25) is 0 Å². The van der Waals surface area contributed by atoms with Crippen LogP contribution < -0.4 is 16.2 Å². The Bertz CT molecular complexity index is 798. The molecular formula is C16H17ClN4O3. The molecule has 0 unspecified atom stereocenters. The SMILES string of the molecule is Cn1ncc(Nc2ccc(NC(=O)[C@H]3CCCO3)cc2)c(Cl)c1=O. The molecule has 126 valence electrons. The molecule has 0 bridgehead atoms. The molecule has 0 radical (unpaired) electrons. The van der Waals surface area contributed by atoms with Crippen LogP contribution in [0.4, 0.5) is 17.1 Å². The Balaban J connectivity index is 1.67. The minimum atomic E-state index is -0.373. The van der Waals surface area contributed by atoms with E-state index in [0.717, 1.165) is 23.2 Å². The molecule has 1 fully saturated rings. The summed E-state index contributed by atoms with van der Waals surface area (Å²) in [6, 6.07) is 7.08. The third kappa shape index (κ3) is 3.58. The molecule has 1 aromatic carbocycles. The largest absolute Gasteiger partial charge is 0.368 e. The molecule has 7 nitrogen and oxygen atoms in total. The number of carbonyl (C=O) groups is 1. The number of aromatic nitrogens is 2. The van der Waals surface area contributed by atoms with Crippen molar-refractivity contribution in [3.8, 4) is 0 Å². The lowest BCUT2D eigenvalue weighted by atomic mass is 10.2. The van der Waals surface area contributed by atoms with Gasteiger partial charge in [-0.15, -0.1) is 0 Å². The van der Waals surface area contributed by atoms with Crippen LogP contribution in [0.3, 0.4) is 0 Å². The van der Waals surface area contributed by atoms with Crippen molar-refractivity contribution in [2.75, 3.05) is 17.2 Å². The summed E-state index contributed by atoms with van der Waals surface area (Å²) in [4.78, 5) is 23.7. The maximum atomic E-state index is 12.0. The van der Waals surface area contributed by atoms with Gasteiger partial charge >= 0.3 is 0 Å². The number of anilines is 3. The van der Waals surface area contributed by atoms with Gasteiger partial charge in [-0.05, 0) is 37.1 Å². The lowest BCUT2D eigenvalue weighted by Gasteiger charge is -2.12. The molecule has 0 saturated carbocycles. The van der Waals surface area contributed by atoms with E-state index >= 15 is 0 Å². The number of ether oxygens (including phenoxy) is 1. The summed E-state index contributed by atoms with van der Waals surface area (Å²) in [5.74, 6) is -0.132. The summed E-state index contributed by atoms with van der Waals surface area (Å²) in [5, 5.41) is 9.85. The molecule has 2 aromatic rings. The van der Waals surface area contributed by atoms with Crippen molar-refractivity contribution in [3.05, 3.63) is 45.8 Å². The van der Waals surface area contributed by atoms with Crippen molar-refractivity contribution in [3.63, 3.8) is 0 Å². The van der Waals surface area contributed by atoms with Crippen molar-refractivity contribution in [2.45, 2.75) is 18.9 Å². The highest BCUT2D eigenvalue weighted by Crippen LogP contribution is 2.23. The summed E-state index contributed by atoms with van der Waals surface area (Å²) in [6.07, 6.45) is 2.77. The van der Waals surface area contributed by atoms with Crippen LogP contribution in [0.5, 0.6) is 0 Å². The average Bonchev–Trinajstić information content (AvgIpc) is 3.12. The van der Waals surface area contributed by atoms with Gasteiger partial charge in [0.15, 0.2) is 0 Å². The van der Waals surface area contributed by atoms with Crippen LogP contribution in [0.2, 0.25) is 5.02 Å². The maximum Gasteiger partial charge on any atom is 0.287 e. The number of nitrogens with zero attached hydrogens (tertiary/aromatic N) is 2. The van der Waals surface area contributed by atoms with E-state index in [9.17, 15) is 9.59 Å². The van der Waals surface area contributed by atoms with Gasteiger partial charge < -0.3 is 15.4 Å². The van der Waals surface area contributed by atoms with E-state index in [1.54, 1.807) is 24.3 Å². The lowest BCUT2D eigenvalue weighted by molar-refractivity contribution is -0.124. The number of hydrogen-bond donors (Lipinski definition) is 2. The highest BCUT2D eigenvalue weighted by molar-refractivity contribution is 6.33. The van der Waals surface area contributed by atoms with E-state index in [2.05, 4.69) is 15.7 Å². The second-order valence-corrected chi connectivity index (χ2v) is 5.87. The first-order valence-corrected chi connectivity index (χ1v) is 7.94. The molecule has 1 amide bonds. The van der Waals surface area contributed by atoms with Crippen molar-refractivity contribution in [2.24, 2.45) is 7.05 Å². The van der Waals surface area contributed by atoms with Crippen LogP contribution >= 0.6 is 11.6 Å². The van der Waals surface area contributed by atoms with Crippen LogP contribution in [0.1, 0.15) is 12.8 Å². The normalized spacial score (nSPS) is 16.8. The second kappa shape index (κ2) is 7.02. The highest BCUT2D eigenvalue weighted by atomic mass is 35.5. The van der Waals surface area contributed by atoms with Crippen LogP contribution in [0, 0.1) is 0 Å². The third-order valence-electron chi connectivity index (χ3n) is 3.73. The number of amides is 1. The molecule has 2 N–H and O–H groups in total. The van der Waals surface area contributed by atoms with Gasteiger partial charge in [-0.2, -0.15) is 5.10 Å². The Morgan fingerprint density at radius 2 is 2.04 bits per heavy atom. The number of hydrogen-bond acceptors (Lipinski definition) is 5. The fourth-order valence-corrected chi connectivity index (χ4v) is 2.62. The second-order valence-electron chi connectivity index (χ2n) is 5.49. The van der Waals surface area contributed by atoms with Crippen LogP contribution in [0.25, 0.3) is 0 Å². The summed E-state index contributed by atoms with van der Waals surface area (Å²) in [6.45, 7) is 0.631. The molecule has 24 heavy (non-hydrogen) atoms.